The molecule has 0 unspecified atom stereocenters. The summed E-state index contributed by atoms with van der Waals surface area (Å²) in [6.07, 6.45) is 3.57. The predicted octanol–water partition coefficient (Wildman–Crippen LogP) is 5.28. The maximum atomic E-state index is 11.2. The minimum absolute atomic E-state index is 0.0888. The molecule has 0 aliphatic heterocycles. The van der Waals surface area contributed by atoms with Gasteiger partial charge < -0.3 is 24.3 Å². The molecule has 2 heterocycles. The summed E-state index contributed by atoms with van der Waals surface area (Å²) in [5.74, 6) is 1.18. The molecule has 0 fully saturated rings. The molecule has 0 aliphatic carbocycles. The topological polar surface area (TPSA) is 107 Å². The first kappa shape index (κ1) is 24.0. The Morgan fingerprint density at radius 1 is 0.857 bits per heavy atom. The molecule has 2 N–H and O–H groups in total. The molecule has 0 saturated carbocycles. The van der Waals surface area contributed by atoms with Crippen molar-refractivity contribution in [2.45, 2.75) is 13.8 Å². The molecule has 4 rings (SSSR count). The quantitative estimate of drug-likeness (QED) is 0.302. The molecule has 0 spiro atoms. The highest BCUT2D eigenvalue weighted by atomic mass is 16.7. The van der Waals surface area contributed by atoms with Crippen molar-refractivity contribution in [3.8, 4) is 45.4 Å². The Labute approximate surface area is 203 Å². The number of aliphatic carboxylic acids is 1. The Hall–Kier alpha value is -4.17. The van der Waals surface area contributed by atoms with Crippen LogP contribution in [0.4, 0.5) is 0 Å². The van der Waals surface area contributed by atoms with E-state index in [2.05, 4.69) is 15.0 Å². The van der Waals surface area contributed by atoms with Crippen LogP contribution < -0.4 is 9.47 Å². The Balaban J connectivity index is 1.41. The first-order chi connectivity index (χ1) is 16.9. The Kier molecular flexibility index (Phi) is 7.12. The number of methoxy groups -OCH3 is 1. The zero-order chi connectivity index (χ0) is 24.8. The summed E-state index contributed by atoms with van der Waals surface area (Å²) >= 11 is 0. The second-order valence-corrected chi connectivity index (χ2v) is 8.65. The number of ether oxygens (including phenoxy) is 3. The van der Waals surface area contributed by atoms with Gasteiger partial charge in [0.15, 0.2) is 6.79 Å². The number of carboxylic acids is 1. The number of benzene rings is 2. The fraction of sp³-hybridized carbons (Fsp3) is 0.222. The molecule has 0 bridgehead atoms. The summed E-state index contributed by atoms with van der Waals surface area (Å²) in [5.41, 5.74) is 3.54. The van der Waals surface area contributed by atoms with E-state index in [1.807, 2.05) is 60.7 Å². The number of nitrogens with zero attached hydrogens (tertiary/aromatic N) is 2. The molecule has 35 heavy (non-hydrogen) atoms. The third-order valence-electron chi connectivity index (χ3n) is 5.45. The van der Waals surface area contributed by atoms with E-state index in [0.717, 1.165) is 39.7 Å². The molecule has 8 heteroatoms. The van der Waals surface area contributed by atoms with E-state index in [0.29, 0.717) is 5.75 Å². The SMILES string of the molecule is COCOc1ccc(-c2cnc(-c3ccc(-c4ccc(OCC(C)(C)C(=O)O)cc4)nc3)[nH]2)cc1. The van der Waals surface area contributed by atoms with E-state index >= 15 is 0 Å². The van der Waals surface area contributed by atoms with Gasteiger partial charge in [-0.05, 0) is 80.1 Å². The number of carbonyl (C=O) groups is 1. The predicted molar refractivity (Wildman–Crippen MR) is 132 cm³/mol. The highest BCUT2D eigenvalue weighted by Gasteiger charge is 2.28. The minimum atomic E-state index is -0.955. The maximum absolute atomic E-state index is 11.2. The highest BCUT2D eigenvalue weighted by molar-refractivity contribution is 5.73. The van der Waals surface area contributed by atoms with Crippen LogP contribution in [-0.4, -0.2) is 46.5 Å². The van der Waals surface area contributed by atoms with Gasteiger partial charge in [0, 0.05) is 24.4 Å². The van der Waals surface area contributed by atoms with Gasteiger partial charge in [-0.1, -0.05) is 0 Å². The minimum Gasteiger partial charge on any atom is -0.492 e. The van der Waals surface area contributed by atoms with Crippen LogP contribution in [0.2, 0.25) is 0 Å². The number of pyridine rings is 1. The highest BCUT2D eigenvalue weighted by Crippen LogP contribution is 2.27. The van der Waals surface area contributed by atoms with E-state index in [4.69, 9.17) is 14.2 Å². The molecule has 0 aliphatic rings. The van der Waals surface area contributed by atoms with Gasteiger partial charge in [0.25, 0.3) is 0 Å². The Morgan fingerprint density at radius 2 is 1.49 bits per heavy atom. The number of aromatic amines is 1. The van der Waals surface area contributed by atoms with Crippen LogP contribution in [0.1, 0.15) is 13.8 Å². The zero-order valence-electron chi connectivity index (χ0n) is 19.8. The van der Waals surface area contributed by atoms with Crippen LogP contribution in [-0.2, 0) is 9.53 Å². The van der Waals surface area contributed by atoms with Crippen LogP contribution in [0.5, 0.6) is 11.5 Å². The number of rotatable bonds is 10. The summed E-state index contributed by atoms with van der Waals surface area (Å²) in [5, 5.41) is 9.21. The molecule has 180 valence electrons. The van der Waals surface area contributed by atoms with Gasteiger partial charge in [-0.25, -0.2) is 4.98 Å². The molecule has 8 nitrogen and oxygen atoms in total. The van der Waals surface area contributed by atoms with Gasteiger partial charge in [-0.3, -0.25) is 9.78 Å². The summed E-state index contributed by atoms with van der Waals surface area (Å²) in [7, 11) is 1.58. The first-order valence-electron chi connectivity index (χ1n) is 11.1. The molecule has 0 saturated heterocycles. The van der Waals surface area contributed by atoms with Crippen molar-refractivity contribution in [2.24, 2.45) is 5.41 Å². The fourth-order valence-corrected chi connectivity index (χ4v) is 3.22. The second kappa shape index (κ2) is 10.4. The lowest BCUT2D eigenvalue weighted by molar-refractivity contribution is -0.148. The van der Waals surface area contributed by atoms with Crippen LogP contribution in [0.25, 0.3) is 33.9 Å². The van der Waals surface area contributed by atoms with Crippen molar-refractivity contribution in [1.29, 1.82) is 0 Å². The average molecular weight is 474 g/mol. The lowest BCUT2D eigenvalue weighted by Gasteiger charge is -2.19. The summed E-state index contributed by atoms with van der Waals surface area (Å²) in [4.78, 5) is 23.6. The summed E-state index contributed by atoms with van der Waals surface area (Å²) < 4.78 is 16.0. The number of hydrogen-bond donors (Lipinski definition) is 2. The fourth-order valence-electron chi connectivity index (χ4n) is 3.22. The van der Waals surface area contributed by atoms with Crippen molar-refractivity contribution in [3.63, 3.8) is 0 Å². The molecular weight excluding hydrogens is 446 g/mol. The Morgan fingerprint density at radius 3 is 2.09 bits per heavy atom. The number of imidazole rings is 1. The maximum Gasteiger partial charge on any atom is 0.312 e. The lowest BCUT2D eigenvalue weighted by atomic mass is 9.95. The molecule has 2 aromatic heterocycles. The van der Waals surface area contributed by atoms with Crippen LogP contribution in [0.15, 0.2) is 73.1 Å². The van der Waals surface area contributed by atoms with Crippen molar-refractivity contribution >= 4 is 5.97 Å². The smallest absolute Gasteiger partial charge is 0.312 e. The summed E-state index contributed by atoms with van der Waals surface area (Å²) in [6, 6.07) is 19.0. The molecule has 0 radical (unpaired) electrons. The van der Waals surface area contributed by atoms with Crippen LogP contribution >= 0.6 is 0 Å². The molecule has 0 amide bonds. The van der Waals surface area contributed by atoms with Crippen molar-refractivity contribution in [1.82, 2.24) is 15.0 Å². The van der Waals surface area contributed by atoms with Crippen molar-refractivity contribution in [3.05, 3.63) is 73.1 Å². The van der Waals surface area contributed by atoms with Gasteiger partial charge in [0.05, 0.1) is 23.0 Å². The largest absolute Gasteiger partial charge is 0.492 e. The zero-order valence-corrected chi connectivity index (χ0v) is 19.8. The standard InChI is InChI=1S/C27H27N3O5/c1-27(2,26(31)32)16-34-21-9-4-18(5-10-21)23-13-8-20(14-28-23)25-29-15-24(30-25)19-6-11-22(12-7-19)35-17-33-3/h4-15H,16-17H2,1-3H3,(H,29,30)(H,31,32). The van der Waals surface area contributed by atoms with Crippen LogP contribution in [0, 0.1) is 5.41 Å². The number of H-pyrrole nitrogens is 1. The third kappa shape index (κ3) is 5.85. The van der Waals surface area contributed by atoms with Gasteiger partial charge >= 0.3 is 5.97 Å². The lowest BCUT2D eigenvalue weighted by Crippen LogP contribution is -2.30. The molecule has 4 aromatic rings. The average Bonchev–Trinajstić information content (AvgIpc) is 3.37. The van der Waals surface area contributed by atoms with Crippen LogP contribution in [0.3, 0.4) is 0 Å². The Bertz CT molecular complexity index is 1260. The van der Waals surface area contributed by atoms with E-state index in [9.17, 15) is 9.90 Å². The van der Waals surface area contributed by atoms with E-state index in [1.165, 1.54) is 0 Å². The third-order valence-corrected chi connectivity index (χ3v) is 5.45. The molecule has 0 atom stereocenters. The van der Waals surface area contributed by atoms with Gasteiger partial charge in [-0.2, -0.15) is 0 Å². The van der Waals surface area contributed by atoms with Gasteiger partial charge in [0.1, 0.15) is 23.9 Å². The first-order valence-corrected chi connectivity index (χ1v) is 11.1. The van der Waals surface area contributed by atoms with Crippen molar-refractivity contribution in [2.75, 3.05) is 20.5 Å². The number of nitrogens with one attached hydrogen (secondary N) is 1. The number of carboxylic acid groups (broad SMARTS) is 1. The van der Waals surface area contributed by atoms with Crippen molar-refractivity contribution < 1.29 is 24.1 Å². The molecule has 2 aromatic carbocycles. The summed E-state index contributed by atoms with van der Waals surface area (Å²) in [6.45, 7) is 3.56. The normalized spacial score (nSPS) is 11.3. The van der Waals surface area contributed by atoms with Gasteiger partial charge in [0.2, 0.25) is 0 Å². The monoisotopic (exact) mass is 473 g/mol. The van der Waals surface area contributed by atoms with E-state index in [-0.39, 0.29) is 13.4 Å². The van der Waals surface area contributed by atoms with Gasteiger partial charge in [-0.15, -0.1) is 0 Å². The number of hydrogen-bond acceptors (Lipinski definition) is 6. The van der Waals surface area contributed by atoms with E-state index in [1.54, 1.807) is 33.4 Å². The van der Waals surface area contributed by atoms with E-state index < -0.39 is 11.4 Å². The second-order valence-electron chi connectivity index (χ2n) is 8.65. The molecular formula is C27H27N3O5. The number of aromatic nitrogens is 3.